The summed E-state index contributed by atoms with van der Waals surface area (Å²) >= 11 is 0. The number of fused-ring (bicyclic) bond motifs is 1. The van der Waals surface area contributed by atoms with Crippen LogP contribution in [0.2, 0.25) is 0 Å². The maximum Gasteiger partial charge on any atom is 0.311 e. The Bertz CT molecular complexity index is 620. The van der Waals surface area contributed by atoms with Gasteiger partial charge in [0.2, 0.25) is 5.91 Å². The number of carbonyl (C=O) groups is 2. The van der Waals surface area contributed by atoms with E-state index in [1.165, 1.54) is 0 Å². The number of hydrogen-bond acceptors (Lipinski definition) is 3. The number of hydrogen-bond donors (Lipinski definition) is 2. The minimum absolute atomic E-state index is 0.133. The zero-order chi connectivity index (χ0) is 18.0. The average molecular weight is 333 g/mol. The van der Waals surface area contributed by atoms with Crippen LogP contribution in [-0.4, -0.2) is 29.1 Å². The van der Waals surface area contributed by atoms with Crippen molar-refractivity contribution in [2.24, 2.45) is 5.41 Å². The van der Waals surface area contributed by atoms with Crippen molar-refractivity contribution < 1.29 is 19.4 Å². The van der Waals surface area contributed by atoms with Gasteiger partial charge in [-0.25, -0.2) is 0 Å². The molecule has 24 heavy (non-hydrogen) atoms. The van der Waals surface area contributed by atoms with Crippen LogP contribution in [0, 0.1) is 5.41 Å². The second kappa shape index (κ2) is 6.83. The number of rotatable bonds is 6. The first-order valence-corrected chi connectivity index (χ1v) is 8.54. The molecule has 0 radical (unpaired) electrons. The van der Waals surface area contributed by atoms with Gasteiger partial charge in [0, 0.05) is 18.5 Å². The molecule has 1 aliphatic rings. The average Bonchev–Trinajstić information content (AvgIpc) is 2.54. The minimum atomic E-state index is -0.907. The number of nitrogens with one attached hydrogen (secondary N) is 1. The number of amides is 1. The number of ether oxygens (including phenoxy) is 1. The highest BCUT2D eigenvalue weighted by molar-refractivity contribution is 5.85. The number of carbonyl (C=O) groups excluding carboxylic acids is 1. The Morgan fingerprint density at radius 3 is 2.50 bits per heavy atom. The van der Waals surface area contributed by atoms with E-state index in [9.17, 15) is 14.7 Å². The van der Waals surface area contributed by atoms with Gasteiger partial charge in [-0.15, -0.1) is 0 Å². The number of benzene rings is 1. The van der Waals surface area contributed by atoms with Crippen molar-refractivity contribution in [3.05, 3.63) is 29.8 Å². The fraction of sp³-hybridized carbons (Fsp3) is 0.579. The normalized spacial score (nSPS) is 19.1. The molecule has 2 N–H and O–H groups in total. The molecule has 1 aromatic rings. The number of carboxylic acid groups (broad SMARTS) is 1. The third-order valence-electron chi connectivity index (χ3n) is 5.10. The maximum absolute atomic E-state index is 12.8. The van der Waals surface area contributed by atoms with Crippen molar-refractivity contribution in [3.63, 3.8) is 0 Å². The van der Waals surface area contributed by atoms with Crippen LogP contribution in [0.15, 0.2) is 24.3 Å². The predicted molar refractivity (Wildman–Crippen MR) is 92.2 cm³/mol. The predicted octanol–water partition coefficient (Wildman–Crippen LogP) is 3.34. The summed E-state index contributed by atoms with van der Waals surface area (Å²) in [5, 5.41) is 12.4. The van der Waals surface area contributed by atoms with E-state index in [-0.39, 0.29) is 18.4 Å². The Kier molecular flexibility index (Phi) is 5.21. The van der Waals surface area contributed by atoms with Crippen molar-refractivity contribution in [2.45, 2.75) is 58.5 Å². The van der Waals surface area contributed by atoms with Gasteiger partial charge in [0.05, 0.1) is 11.3 Å². The topological polar surface area (TPSA) is 75.6 Å². The van der Waals surface area contributed by atoms with Crippen molar-refractivity contribution in [1.29, 1.82) is 0 Å². The van der Waals surface area contributed by atoms with Crippen LogP contribution in [0.5, 0.6) is 5.75 Å². The highest BCUT2D eigenvalue weighted by atomic mass is 16.5. The Hall–Kier alpha value is -2.04. The van der Waals surface area contributed by atoms with E-state index in [0.29, 0.717) is 19.3 Å². The van der Waals surface area contributed by atoms with Gasteiger partial charge in [-0.1, -0.05) is 32.0 Å². The van der Waals surface area contributed by atoms with Gasteiger partial charge in [0.1, 0.15) is 11.4 Å². The SMILES string of the molecule is CCC(CC)(CNC(=O)C1CC(C)(C)Oc2ccccc21)C(=O)O. The van der Waals surface area contributed by atoms with Gasteiger partial charge >= 0.3 is 5.97 Å². The van der Waals surface area contributed by atoms with E-state index in [4.69, 9.17) is 4.74 Å². The molecule has 1 atom stereocenters. The molecule has 132 valence electrons. The summed E-state index contributed by atoms with van der Waals surface area (Å²) in [4.78, 5) is 24.4. The summed E-state index contributed by atoms with van der Waals surface area (Å²) in [7, 11) is 0. The Morgan fingerprint density at radius 1 is 1.29 bits per heavy atom. The fourth-order valence-electron chi connectivity index (χ4n) is 3.29. The summed E-state index contributed by atoms with van der Waals surface area (Å²) in [5.74, 6) is -0.596. The monoisotopic (exact) mass is 333 g/mol. The van der Waals surface area contributed by atoms with Crippen LogP contribution in [0.1, 0.15) is 58.4 Å². The van der Waals surface area contributed by atoms with Crippen molar-refractivity contribution in [1.82, 2.24) is 5.32 Å². The fourth-order valence-corrected chi connectivity index (χ4v) is 3.29. The van der Waals surface area contributed by atoms with Gasteiger partial charge in [-0.05, 0) is 32.8 Å². The lowest BCUT2D eigenvalue weighted by Gasteiger charge is -2.37. The van der Waals surface area contributed by atoms with E-state index in [1.54, 1.807) is 0 Å². The molecule has 0 saturated heterocycles. The first kappa shape index (κ1) is 18.3. The summed E-state index contributed by atoms with van der Waals surface area (Å²) < 4.78 is 5.95. The van der Waals surface area contributed by atoms with Crippen molar-refractivity contribution in [2.75, 3.05) is 6.54 Å². The Labute approximate surface area is 143 Å². The van der Waals surface area contributed by atoms with E-state index in [2.05, 4.69) is 5.32 Å². The lowest BCUT2D eigenvalue weighted by atomic mass is 9.81. The van der Waals surface area contributed by atoms with Crippen molar-refractivity contribution >= 4 is 11.9 Å². The molecule has 5 nitrogen and oxygen atoms in total. The second-order valence-electron chi connectivity index (χ2n) is 7.17. The lowest BCUT2D eigenvalue weighted by molar-refractivity contribution is -0.149. The maximum atomic E-state index is 12.8. The third kappa shape index (κ3) is 3.55. The zero-order valence-corrected chi connectivity index (χ0v) is 14.9. The smallest absolute Gasteiger partial charge is 0.311 e. The molecule has 0 spiro atoms. The van der Waals surface area contributed by atoms with Crippen LogP contribution in [0.3, 0.4) is 0 Å². The molecule has 1 unspecified atom stereocenters. The van der Waals surface area contributed by atoms with Crippen LogP contribution < -0.4 is 10.1 Å². The summed E-state index contributed by atoms with van der Waals surface area (Å²) in [6.45, 7) is 7.76. The zero-order valence-electron chi connectivity index (χ0n) is 14.9. The third-order valence-corrected chi connectivity index (χ3v) is 5.10. The molecule has 1 aromatic carbocycles. The highest BCUT2D eigenvalue weighted by Gasteiger charge is 2.39. The molecule has 0 bridgehead atoms. The van der Waals surface area contributed by atoms with Crippen LogP contribution in [-0.2, 0) is 9.59 Å². The number of carboxylic acids is 1. The van der Waals surface area contributed by atoms with E-state index < -0.39 is 17.0 Å². The quantitative estimate of drug-likeness (QED) is 0.837. The Morgan fingerprint density at radius 2 is 1.92 bits per heavy atom. The molecule has 0 fully saturated rings. The van der Waals surface area contributed by atoms with Gasteiger partial charge in [0.25, 0.3) is 0 Å². The molecule has 1 amide bonds. The largest absolute Gasteiger partial charge is 0.488 e. The van der Waals surface area contributed by atoms with E-state index in [0.717, 1.165) is 11.3 Å². The summed E-state index contributed by atoms with van der Waals surface area (Å²) in [5.41, 5.74) is -0.478. The first-order valence-electron chi connectivity index (χ1n) is 8.54. The summed E-state index contributed by atoms with van der Waals surface area (Å²) in [6.07, 6.45) is 1.53. The van der Waals surface area contributed by atoms with Crippen LogP contribution in [0.4, 0.5) is 0 Å². The van der Waals surface area contributed by atoms with Crippen LogP contribution in [0.25, 0.3) is 0 Å². The summed E-state index contributed by atoms with van der Waals surface area (Å²) in [6, 6.07) is 7.55. The molecular formula is C19H27NO4. The number of para-hydroxylation sites is 1. The van der Waals surface area contributed by atoms with E-state index in [1.807, 2.05) is 52.0 Å². The second-order valence-corrected chi connectivity index (χ2v) is 7.17. The molecule has 2 rings (SSSR count). The molecular weight excluding hydrogens is 306 g/mol. The molecule has 5 heteroatoms. The van der Waals surface area contributed by atoms with Gasteiger partial charge < -0.3 is 15.2 Å². The Balaban J connectivity index is 2.19. The van der Waals surface area contributed by atoms with Crippen LogP contribution >= 0.6 is 0 Å². The van der Waals surface area contributed by atoms with Gasteiger partial charge in [-0.3, -0.25) is 9.59 Å². The standard InChI is InChI=1S/C19H27NO4/c1-5-19(6-2,17(22)23)12-20-16(21)14-11-18(3,4)24-15-10-8-7-9-13(14)15/h7-10,14H,5-6,11-12H2,1-4H3,(H,20,21)(H,22,23). The molecule has 0 aromatic heterocycles. The van der Waals surface area contributed by atoms with Crippen molar-refractivity contribution in [3.8, 4) is 5.75 Å². The minimum Gasteiger partial charge on any atom is -0.488 e. The lowest BCUT2D eigenvalue weighted by Crippen LogP contribution is -2.46. The highest BCUT2D eigenvalue weighted by Crippen LogP contribution is 2.40. The molecule has 0 saturated carbocycles. The molecule has 1 heterocycles. The number of aliphatic carboxylic acids is 1. The first-order chi connectivity index (χ1) is 11.2. The molecule has 1 aliphatic heterocycles. The molecule has 0 aliphatic carbocycles. The van der Waals surface area contributed by atoms with E-state index >= 15 is 0 Å². The van der Waals surface area contributed by atoms with Gasteiger partial charge in [-0.2, -0.15) is 0 Å². The van der Waals surface area contributed by atoms with Gasteiger partial charge in [0.15, 0.2) is 0 Å².